The highest BCUT2D eigenvalue weighted by Crippen LogP contribution is 2.46. The quantitative estimate of drug-likeness (QED) is 0.758. The van der Waals surface area contributed by atoms with E-state index < -0.39 is 24.0 Å². The van der Waals surface area contributed by atoms with Gasteiger partial charge in [-0.15, -0.1) is 0 Å². The van der Waals surface area contributed by atoms with Gasteiger partial charge in [0.2, 0.25) is 0 Å². The van der Waals surface area contributed by atoms with Crippen molar-refractivity contribution in [2.75, 3.05) is 0 Å². The molecule has 0 rings (SSSR count). The van der Waals surface area contributed by atoms with Crippen molar-refractivity contribution in [3.63, 3.8) is 0 Å². The van der Waals surface area contributed by atoms with Gasteiger partial charge in [0.05, 0.1) is 0 Å². The van der Waals surface area contributed by atoms with Crippen LogP contribution in [-0.2, 0) is 4.79 Å². The first-order valence-corrected chi connectivity index (χ1v) is 3.50. The van der Waals surface area contributed by atoms with Gasteiger partial charge in [0.15, 0.2) is 0 Å². The van der Waals surface area contributed by atoms with Crippen LogP contribution in [0.5, 0.6) is 0 Å². The molecule has 0 aliphatic carbocycles. The maximum Gasteiger partial charge on any atom is 0.460 e. The van der Waals surface area contributed by atoms with Crippen LogP contribution in [0.3, 0.4) is 0 Å². The van der Waals surface area contributed by atoms with E-state index in [0.29, 0.717) is 0 Å². The minimum absolute atomic E-state index is 2.00. The highest BCUT2D eigenvalue weighted by atomic mass is 19.4. The molecule has 0 amide bonds. The average Bonchev–Trinajstić information content (AvgIpc) is 2.05. The Hall–Kier alpha value is -1.02. The Morgan fingerprint density at radius 1 is 0.933 bits per heavy atom. The lowest BCUT2D eigenvalue weighted by atomic mass is 10.1. The summed E-state index contributed by atoms with van der Waals surface area (Å²) >= 11 is 0. The van der Waals surface area contributed by atoms with Crippen molar-refractivity contribution in [3.8, 4) is 0 Å². The van der Waals surface area contributed by atoms with E-state index in [4.69, 9.17) is 5.11 Å². The number of hydrogen-bond donors (Lipinski definition) is 1. The van der Waals surface area contributed by atoms with Crippen LogP contribution < -0.4 is 0 Å². The Morgan fingerprint density at radius 2 is 1.20 bits per heavy atom. The molecule has 9 heteroatoms. The second-order valence-electron chi connectivity index (χ2n) is 1.95. The molecular formula is C6H7F7O2. The third kappa shape index (κ3) is 2.96. The van der Waals surface area contributed by atoms with Gasteiger partial charge in [-0.1, -0.05) is 13.8 Å². The zero-order valence-electron chi connectivity index (χ0n) is 7.50. The number of rotatable bonds is 2. The molecule has 92 valence electrons. The van der Waals surface area contributed by atoms with E-state index in [1.54, 1.807) is 0 Å². The first-order valence-electron chi connectivity index (χ1n) is 3.50. The predicted octanol–water partition coefficient (Wildman–Crippen LogP) is 2.93. The molecule has 0 saturated heterocycles. The molecule has 0 aromatic carbocycles. The SMILES string of the molecule is CC.O=C(O)C(F)(F)C(F)(F)C(F)(F)F. The third-order valence-electron chi connectivity index (χ3n) is 1.02. The predicted molar refractivity (Wildman–Crippen MR) is 34.9 cm³/mol. The molecule has 0 saturated carbocycles. The average molecular weight is 244 g/mol. The second-order valence-corrected chi connectivity index (χ2v) is 1.95. The Labute approximate surface area is 79.7 Å². The second kappa shape index (κ2) is 4.67. The molecule has 0 atom stereocenters. The summed E-state index contributed by atoms with van der Waals surface area (Å²) in [6.45, 7) is 4.00. The summed E-state index contributed by atoms with van der Waals surface area (Å²) < 4.78 is 80.5. The van der Waals surface area contributed by atoms with Crippen molar-refractivity contribution in [1.82, 2.24) is 0 Å². The van der Waals surface area contributed by atoms with Crippen LogP contribution in [0.15, 0.2) is 0 Å². The summed E-state index contributed by atoms with van der Waals surface area (Å²) in [7, 11) is 0. The van der Waals surface area contributed by atoms with Gasteiger partial charge in [-0.3, -0.25) is 0 Å². The first-order chi connectivity index (χ1) is 6.44. The van der Waals surface area contributed by atoms with Gasteiger partial charge >= 0.3 is 24.0 Å². The minimum atomic E-state index is -6.60. The smallest absolute Gasteiger partial charge is 0.460 e. The fourth-order valence-corrected chi connectivity index (χ4v) is 0.312. The lowest BCUT2D eigenvalue weighted by Gasteiger charge is -2.24. The fourth-order valence-electron chi connectivity index (χ4n) is 0.312. The van der Waals surface area contributed by atoms with Crippen LogP contribution in [0.2, 0.25) is 0 Å². The summed E-state index contributed by atoms with van der Waals surface area (Å²) in [5, 5.41) is 7.41. The van der Waals surface area contributed by atoms with Crippen molar-refractivity contribution in [3.05, 3.63) is 0 Å². The van der Waals surface area contributed by atoms with Gasteiger partial charge < -0.3 is 5.11 Å². The van der Waals surface area contributed by atoms with E-state index in [2.05, 4.69) is 0 Å². The maximum atomic E-state index is 11.8. The van der Waals surface area contributed by atoms with Crippen LogP contribution in [0, 0.1) is 0 Å². The number of carbonyl (C=O) groups is 1. The molecule has 0 aliphatic heterocycles. The van der Waals surface area contributed by atoms with Crippen molar-refractivity contribution in [2.24, 2.45) is 0 Å². The van der Waals surface area contributed by atoms with Gasteiger partial charge in [0.25, 0.3) is 0 Å². The molecule has 0 heterocycles. The number of halogens is 7. The number of hydrogen-bond acceptors (Lipinski definition) is 1. The minimum Gasteiger partial charge on any atom is -0.477 e. The van der Waals surface area contributed by atoms with E-state index in [1.807, 2.05) is 13.8 Å². The fraction of sp³-hybridized carbons (Fsp3) is 0.833. The largest absolute Gasteiger partial charge is 0.477 e. The maximum absolute atomic E-state index is 11.8. The summed E-state index contributed by atoms with van der Waals surface area (Å²) in [5.74, 6) is -16.3. The number of alkyl halides is 7. The van der Waals surface area contributed by atoms with Gasteiger partial charge in [-0.05, 0) is 0 Å². The first kappa shape index (κ1) is 16.4. The van der Waals surface area contributed by atoms with Crippen molar-refractivity contribution in [2.45, 2.75) is 31.9 Å². The standard InChI is InChI=1S/C4HF7O2.C2H6/c5-2(6,1(12)13)3(7,8)4(9,10)11;1-2/h(H,12,13);1-2H3. The molecule has 0 fully saturated rings. The van der Waals surface area contributed by atoms with Crippen LogP contribution in [-0.4, -0.2) is 29.1 Å². The van der Waals surface area contributed by atoms with E-state index in [0.717, 1.165) is 0 Å². The Bertz CT molecular complexity index is 220. The molecule has 0 aromatic rings. The summed E-state index contributed by atoms with van der Waals surface area (Å²) in [5.41, 5.74) is 0. The monoisotopic (exact) mass is 244 g/mol. The van der Waals surface area contributed by atoms with Gasteiger partial charge in [-0.2, -0.15) is 30.7 Å². The molecular weight excluding hydrogens is 237 g/mol. The van der Waals surface area contributed by atoms with Gasteiger partial charge in [0, 0.05) is 0 Å². The zero-order chi connectivity index (χ0) is 13.1. The molecule has 0 bridgehead atoms. The molecule has 15 heavy (non-hydrogen) atoms. The van der Waals surface area contributed by atoms with Crippen LogP contribution >= 0.6 is 0 Å². The highest BCUT2D eigenvalue weighted by Gasteiger charge is 2.76. The summed E-state index contributed by atoms with van der Waals surface area (Å²) in [6, 6.07) is 0. The topological polar surface area (TPSA) is 37.3 Å². The van der Waals surface area contributed by atoms with E-state index in [-0.39, 0.29) is 0 Å². The number of aliphatic carboxylic acids is 1. The van der Waals surface area contributed by atoms with Crippen molar-refractivity contribution < 1.29 is 40.6 Å². The van der Waals surface area contributed by atoms with Crippen molar-refractivity contribution >= 4 is 5.97 Å². The van der Waals surface area contributed by atoms with E-state index in [9.17, 15) is 35.5 Å². The third-order valence-corrected chi connectivity index (χ3v) is 1.02. The zero-order valence-corrected chi connectivity index (χ0v) is 7.50. The Balaban J connectivity index is 0. The number of carboxylic acids is 1. The molecule has 1 N–H and O–H groups in total. The lowest BCUT2D eigenvalue weighted by Crippen LogP contribution is -2.56. The Morgan fingerprint density at radius 3 is 1.27 bits per heavy atom. The van der Waals surface area contributed by atoms with Gasteiger partial charge in [0.1, 0.15) is 0 Å². The van der Waals surface area contributed by atoms with Crippen molar-refractivity contribution in [1.29, 1.82) is 0 Å². The van der Waals surface area contributed by atoms with E-state index >= 15 is 0 Å². The summed E-state index contributed by atoms with van der Waals surface area (Å²) in [4.78, 5) is 9.38. The molecule has 0 unspecified atom stereocenters. The Kier molecular flexibility index (Phi) is 5.11. The lowest BCUT2D eigenvalue weighted by molar-refractivity contribution is -0.347. The normalized spacial score (nSPS) is 12.9. The molecule has 0 aliphatic rings. The molecule has 0 aromatic heterocycles. The van der Waals surface area contributed by atoms with Crippen LogP contribution in [0.25, 0.3) is 0 Å². The molecule has 2 nitrogen and oxygen atoms in total. The molecule has 0 radical (unpaired) electrons. The van der Waals surface area contributed by atoms with Crippen LogP contribution in [0.4, 0.5) is 30.7 Å². The van der Waals surface area contributed by atoms with E-state index in [1.165, 1.54) is 0 Å². The van der Waals surface area contributed by atoms with Gasteiger partial charge in [-0.25, -0.2) is 4.79 Å². The van der Waals surface area contributed by atoms with Crippen LogP contribution in [0.1, 0.15) is 13.8 Å². The summed E-state index contributed by atoms with van der Waals surface area (Å²) in [6.07, 6.45) is -6.60. The molecule has 0 spiro atoms. The highest BCUT2D eigenvalue weighted by molar-refractivity contribution is 5.76. The number of carboxylic acid groups (broad SMARTS) is 1.